The summed E-state index contributed by atoms with van der Waals surface area (Å²) in [5, 5.41) is 8.92. The Morgan fingerprint density at radius 3 is 1.09 bits per heavy atom. The van der Waals surface area contributed by atoms with Gasteiger partial charge in [-0.1, -0.05) is 0 Å². The van der Waals surface area contributed by atoms with E-state index >= 15 is 0 Å². The largest absolute Gasteiger partial charge is 0.481 e. The molecule has 0 bridgehead atoms. The molecule has 0 aromatic heterocycles. The molecule has 3 aliphatic rings. The molecule has 0 heterocycles. The second kappa shape index (κ2) is 21.1. The Balaban J connectivity index is 0.000000398. The van der Waals surface area contributed by atoms with Crippen LogP contribution in [0.2, 0.25) is 0 Å². The van der Waals surface area contributed by atoms with Crippen molar-refractivity contribution in [1.29, 1.82) is 0 Å². The molecule has 53 heavy (non-hydrogen) atoms. The van der Waals surface area contributed by atoms with E-state index in [4.69, 9.17) is 19.3 Å². The van der Waals surface area contributed by atoms with E-state index in [0.29, 0.717) is 31.0 Å². The number of hydrogen-bond acceptors (Lipinski definition) is 9. The van der Waals surface area contributed by atoms with Gasteiger partial charge in [0.1, 0.15) is 28.4 Å². The normalized spacial score (nSPS) is 24.8. The molecule has 0 spiro atoms. The van der Waals surface area contributed by atoms with Crippen molar-refractivity contribution < 1.29 is 48.1 Å². The molecule has 0 aliphatic heterocycles. The van der Waals surface area contributed by atoms with Crippen molar-refractivity contribution in [2.45, 2.75) is 189 Å². The van der Waals surface area contributed by atoms with Gasteiger partial charge in [0.15, 0.2) is 0 Å². The van der Waals surface area contributed by atoms with Gasteiger partial charge in [0, 0.05) is 44.4 Å². The number of rotatable bonds is 7. The number of esters is 1. The zero-order valence-electron chi connectivity index (χ0n) is 35.2. The molecule has 3 aliphatic carbocycles. The summed E-state index contributed by atoms with van der Waals surface area (Å²) in [7, 11) is 3.51. The summed E-state index contributed by atoms with van der Waals surface area (Å²) in [6.45, 7) is 20.1. The standard InChI is InChI=1S/C14H25NO3.C14H24O3.C13H23NO4/c1-10(16)11-6-8-12(9-7-11)15(5)13(17)18-14(2,3)4;1-10(15)12-7-5-11(6-8-12)9-13(16)17-14(2,3)4;1-13(2,3)18-12(17)14(4)10-7-5-9(6-8-10)11(15)16/h11-12H,6-9H2,1-5H3;11-12H,5-9H2,1-4H3;9-10H,5-8H2,1-4H3,(H,15,16). The van der Waals surface area contributed by atoms with Gasteiger partial charge >= 0.3 is 24.1 Å². The first-order valence-corrected chi connectivity index (χ1v) is 19.6. The summed E-state index contributed by atoms with van der Waals surface area (Å²) >= 11 is 0. The number of carbonyl (C=O) groups excluding carboxylic acids is 5. The minimum Gasteiger partial charge on any atom is -0.481 e. The first kappa shape index (κ1) is 47.8. The molecule has 0 aromatic rings. The Labute approximate surface area is 319 Å². The van der Waals surface area contributed by atoms with Gasteiger partial charge in [-0.05, 0) is 159 Å². The number of carbonyl (C=O) groups is 6. The van der Waals surface area contributed by atoms with Crippen LogP contribution in [0.1, 0.15) is 160 Å². The number of ketones is 2. The first-order valence-electron chi connectivity index (χ1n) is 19.6. The molecule has 3 saturated carbocycles. The van der Waals surface area contributed by atoms with Gasteiger partial charge in [0.2, 0.25) is 0 Å². The minimum absolute atomic E-state index is 0.0930. The van der Waals surface area contributed by atoms with Gasteiger partial charge in [-0.15, -0.1) is 0 Å². The lowest BCUT2D eigenvalue weighted by Gasteiger charge is -2.34. The molecule has 2 amide bonds. The van der Waals surface area contributed by atoms with Crippen LogP contribution in [0.15, 0.2) is 0 Å². The molecular weight excluding hydrogens is 680 g/mol. The average Bonchev–Trinajstić information content (AvgIpc) is 3.02. The van der Waals surface area contributed by atoms with E-state index < -0.39 is 22.8 Å². The molecule has 0 saturated heterocycles. The predicted molar refractivity (Wildman–Crippen MR) is 204 cm³/mol. The Morgan fingerprint density at radius 2 is 0.811 bits per heavy atom. The van der Waals surface area contributed by atoms with E-state index in [1.54, 1.807) is 37.7 Å². The first-order chi connectivity index (χ1) is 24.2. The molecule has 0 atom stereocenters. The summed E-state index contributed by atoms with van der Waals surface area (Å²) in [5.41, 5.74) is -1.35. The molecule has 3 fully saturated rings. The summed E-state index contributed by atoms with van der Waals surface area (Å²) in [6.07, 6.45) is 9.98. The number of Topliss-reactive ketones (excluding diaryl/α,β-unsaturated/α-hetero) is 2. The molecule has 3 rings (SSSR count). The van der Waals surface area contributed by atoms with Crippen molar-refractivity contribution in [1.82, 2.24) is 9.80 Å². The van der Waals surface area contributed by atoms with Crippen LogP contribution in [0.25, 0.3) is 0 Å². The maximum Gasteiger partial charge on any atom is 0.410 e. The van der Waals surface area contributed by atoms with E-state index in [9.17, 15) is 28.8 Å². The highest BCUT2D eigenvalue weighted by molar-refractivity contribution is 5.79. The lowest BCUT2D eigenvalue weighted by Crippen LogP contribution is -2.43. The number of aliphatic carboxylic acids is 1. The zero-order valence-corrected chi connectivity index (χ0v) is 35.2. The number of hydrogen-bond donors (Lipinski definition) is 1. The summed E-state index contributed by atoms with van der Waals surface area (Å²) < 4.78 is 16.0. The molecule has 0 aromatic carbocycles. The Hall–Kier alpha value is -3.18. The monoisotopic (exact) mass is 753 g/mol. The summed E-state index contributed by atoms with van der Waals surface area (Å²) in [6, 6.07) is 0.297. The van der Waals surface area contributed by atoms with Crippen molar-refractivity contribution >= 4 is 35.7 Å². The third-order valence-corrected chi connectivity index (χ3v) is 10.1. The quantitative estimate of drug-likeness (QED) is 0.197. The van der Waals surface area contributed by atoms with Crippen molar-refractivity contribution in [2.24, 2.45) is 23.7 Å². The number of ether oxygens (including phenoxy) is 3. The van der Waals surface area contributed by atoms with Gasteiger partial charge in [-0.3, -0.25) is 19.2 Å². The average molecular weight is 753 g/mol. The smallest absolute Gasteiger partial charge is 0.410 e. The highest BCUT2D eigenvalue weighted by Gasteiger charge is 2.33. The van der Waals surface area contributed by atoms with E-state index in [1.807, 2.05) is 62.3 Å². The van der Waals surface area contributed by atoms with Gasteiger partial charge in [-0.25, -0.2) is 9.59 Å². The molecule has 0 unspecified atom stereocenters. The topological polar surface area (TPSA) is 157 Å². The van der Waals surface area contributed by atoms with Gasteiger partial charge in [-0.2, -0.15) is 0 Å². The van der Waals surface area contributed by atoms with Crippen molar-refractivity contribution in [3.63, 3.8) is 0 Å². The van der Waals surface area contributed by atoms with Crippen LogP contribution in [0, 0.1) is 23.7 Å². The molecular formula is C41H72N2O10. The molecule has 12 nitrogen and oxygen atoms in total. The predicted octanol–water partition coefficient (Wildman–Crippen LogP) is 8.61. The summed E-state index contributed by atoms with van der Waals surface area (Å²) in [5.74, 6) is 0.290. The third kappa shape index (κ3) is 19.6. The number of amides is 2. The minimum atomic E-state index is -0.728. The maximum absolute atomic E-state index is 11.9. The second-order valence-corrected chi connectivity index (χ2v) is 18.3. The van der Waals surface area contributed by atoms with Crippen molar-refractivity contribution in [2.75, 3.05) is 14.1 Å². The van der Waals surface area contributed by atoms with Gasteiger partial charge < -0.3 is 29.1 Å². The fourth-order valence-electron chi connectivity index (χ4n) is 6.94. The maximum atomic E-state index is 11.9. The van der Waals surface area contributed by atoms with Crippen molar-refractivity contribution in [3.05, 3.63) is 0 Å². The lowest BCUT2D eigenvalue weighted by atomic mass is 9.79. The van der Waals surface area contributed by atoms with E-state index in [2.05, 4.69) is 0 Å². The second-order valence-electron chi connectivity index (χ2n) is 18.3. The summed E-state index contributed by atoms with van der Waals surface area (Å²) in [4.78, 5) is 72.1. The van der Waals surface area contributed by atoms with E-state index in [0.717, 1.165) is 64.2 Å². The Morgan fingerprint density at radius 1 is 0.509 bits per heavy atom. The van der Waals surface area contributed by atoms with Crippen LogP contribution in [0.3, 0.4) is 0 Å². The lowest BCUT2D eigenvalue weighted by molar-refractivity contribution is -0.156. The molecule has 1 N–H and O–H groups in total. The van der Waals surface area contributed by atoms with Crippen molar-refractivity contribution in [3.8, 4) is 0 Å². The number of carboxylic acid groups (broad SMARTS) is 1. The SMILES string of the molecule is CC(=O)C1CCC(CC(=O)OC(C)(C)C)CC1.CC(=O)C1CCC(N(C)C(=O)OC(C)(C)C)CC1.CN(C(=O)OC(C)(C)C)C1CCC(C(=O)O)CC1. The van der Waals surface area contributed by atoms with Gasteiger partial charge in [0.25, 0.3) is 0 Å². The van der Waals surface area contributed by atoms with Gasteiger partial charge in [0.05, 0.1) is 5.92 Å². The number of nitrogens with zero attached hydrogens (tertiary/aromatic N) is 2. The van der Waals surface area contributed by atoms with Crippen LogP contribution in [0.4, 0.5) is 9.59 Å². The third-order valence-electron chi connectivity index (χ3n) is 10.1. The van der Waals surface area contributed by atoms with Crippen LogP contribution in [-0.2, 0) is 33.4 Å². The Bertz CT molecular complexity index is 1140. The van der Waals surface area contributed by atoms with Crippen LogP contribution >= 0.6 is 0 Å². The van der Waals surface area contributed by atoms with E-state index in [-0.39, 0.29) is 53.8 Å². The Kier molecular flexibility index (Phi) is 19.0. The molecule has 306 valence electrons. The van der Waals surface area contributed by atoms with Crippen LogP contribution in [0.5, 0.6) is 0 Å². The van der Waals surface area contributed by atoms with Crippen LogP contribution in [-0.4, -0.2) is 93.6 Å². The van der Waals surface area contributed by atoms with Crippen LogP contribution < -0.4 is 0 Å². The fourth-order valence-corrected chi connectivity index (χ4v) is 6.94. The fraction of sp³-hybridized carbons (Fsp3) is 0.854. The zero-order chi connectivity index (χ0) is 40.9. The highest BCUT2D eigenvalue weighted by Crippen LogP contribution is 2.32. The number of carboxylic acids is 1. The van der Waals surface area contributed by atoms with E-state index in [1.165, 1.54) is 0 Å². The highest BCUT2D eigenvalue weighted by atomic mass is 16.6. The molecule has 0 radical (unpaired) electrons. The molecule has 12 heteroatoms.